The smallest absolute Gasteiger partial charge is 0.335 e. The molecule has 6 nitrogen and oxygen atoms in total. The van der Waals surface area contributed by atoms with Crippen LogP contribution in [0.3, 0.4) is 0 Å². The van der Waals surface area contributed by atoms with Crippen LogP contribution in [0.2, 0.25) is 0 Å². The average molecular weight is 382 g/mol. The third-order valence-corrected chi connectivity index (χ3v) is 5.05. The van der Waals surface area contributed by atoms with E-state index in [4.69, 9.17) is 9.84 Å². The maximum absolute atomic E-state index is 12.8. The molecule has 0 atom stereocenters. The minimum Gasteiger partial charge on any atom is -0.497 e. The number of piperidine rings is 1. The molecule has 1 aliphatic heterocycles. The number of carbonyl (C=O) groups is 2. The van der Waals surface area contributed by atoms with Crippen LogP contribution in [-0.2, 0) is 6.42 Å². The number of carbonyl (C=O) groups excluding carboxylic acids is 1. The second-order valence-electron chi connectivity index (χ2n) is 6.94. The van der Waals surface area contributed by atoms with E-state index in [0.29, 0.717) is 24.3 Å². The van der Waals surface area contributed by atoms with Crippen molar-refractivity contribution in [2.45, 2.75) is 25.7 Å². The normalized spacial score (nSPS) is 13.8. The van der Waals surface area contributed by atoms with Crippen molar-refractivity contribution in [2.24, 2.45) is 0 Å². The molecule has 0 radical (unpaired) electrons. The highest BCUT2D eigenvalue weighted by Gasteiger charge is 2.19. The highest BCUT2D eigenvalue weighted by Crippen LogP contribution is 2.28. The van der Waals surface area contributed by atoms with Crippen LogP contribution in [0.15, 0.2) is 42.5 Å². The SMILES string of the molecule is COc1ccc(N2CCCCC2)c(C(=O)NCCc2ccc(C(=O)O)cc2)c1. The summed E-state index contributed by atoms with van der Waals surface area (Å²) in [4.78, 5) is 26.0. The Kier molecular flexibility index (Phi) is 6.53. The van der Waals surface area contributed by atoms with Crippen molar-refractivity contribution >= 4 is 17.6 Å². The minimum absolute atomic E-state index is 0.123. The number of ether oxygens (including phenoxy) is 1. The van der Waals surface area contributed by atoms with Crippen LogP contribution in [0.4, 0.5) is 5.69 Å². The van der Waals surface area contributed by atoms with Crippen molar-refractivity contribution in [3.05, 3.63) is 59.2 Å². The Morgan fingerprint density at radius 2 is 1.79 bits per heavy atom. The fourth-order valence-corrected chi connectivity index (χ4v) is 3.46. The molecule has 2 aromatic carbocycles. The van der Waals surface area contributed by atoms with Crippen molar-refractivity contribution in [1.29, 1.82) is 0 Å². The van der Waals surface area contributed by atoms with Gasteiger partial charge in [0.05, 0.1) is 18.2 Å². The van der Waals surface area contributed by atoms with Gasteiger partial charge in [-0.15, -0.1) is 0 Å². The van der Waals surface area contributed by atoms with Crippen molar-refractivity contribution in [3.8, 4) is 5.75 Å². The van der Waals surface area contributed by atoms with Gasteiger partial charge in [0.1, 0.15) is 5.75 Å². The molecule has 0 spiro atoms. The molecule has 0 bridgehead atoms. The largest absolute Gasteiger partial charge is 0.497 e. The van der Waals surface area contributed by atoms with Gasteiger partial charge in [0, 0.05) is 25.3 Å². The van der Waals surface area contributed by atoms with Gasteiger partial charge in [-0.1, -0.05) is 12.1 Å². The van der Waals surface area contributed by atoms with E-state index >= 15 is 0 Å². The molecule has 6 heteroatoms. The van der Waals surface area contributed by atoms with Gasteiger partial charge >= 0.3 is 5.97 Å². The summed E-state index contributed by atoms with van der Waals surface area (Å²) >= 11 is 0. The number of hydrogen-bond donors (Lipinski definition) is 2. The van der Waals surface area contributed by atoms with Crippen molar-refractivity contribution in [2.75, 3.05) is 31.6 Å². The molecule has 0 aliphatic carbocycles. The zero-order chi connectivity index (χ0) is 19.9. The summed E-state index contributed by atoms with van der Waals surface area (Å²) in [5, 5.41) is 11.9. The van der Waals surface area contributed by atoms with Crippen LogP contribution >= 0.6 is 0 Å². The number of nitrogens with one attached hydrogen (secondary N) is 1. The van der Waals surface area contributed by atoms with Gasteiger partial charge in [0.25, 0.3) is 5.91 Å². The predicted molar refractivity (Wildman–Crippen MR) is 108 cm³/mol. The van der Waals surface area contributed by atoms with Gasteiger partial charge in [-0.05, 0) is 61.6 Å². The summed E-state index contributed by atoms with van der Waals surface area (Å²) in [7, 11) is 1.60. The molecule has 1 fully saturated rings. The van der Waals surface area contributed by atoms with Crippen molar-refractivity contribution in [3.63, 3.8) is 0 Å². The Balaban J connectivity index is 1.66. The van der Waals surface area contributed by atoms with Crippen LogP contribution in [0.5, 0.6) is 5.75 Å². The van der Waals surface area contributed by atoms with Gasteiger partial charge in [-0.2, -0.15) is 0 Å². The Labute approximate surface area is 165 Å². The van der Waals surface area contributed by atoms with Gasteiger partial charge in [-0.25, -0.2) is 4.79 Å². The molecule has 28 heavy (non-hydrogen) atoms. The summed E-state index contributed by atoms with van der Waals surface area (Å²) in [6.45, 7) is 2.40. The zero-order valence-electron chi connectivity index (χ0n) is 16.1. The van der Waals surface area contributed by atoms with Crippen molar-refractivity contribution < 1.29 is 19.4 Å². The molecule has 1 heterocycles. The second-order valence-corrected chi connectivity index (χ2v) is 6.94. The number of carboxylic acid groups (broad SMARTS) is 1. The summed E-state index contributed by atoms with van der Waals surface area (Å²) < 4.78 is 5.31. The first-order valence-electron chi connectivity index (χ1n) is 9.62. The predicted octanol–water partition coefficient (Wildman–Crippen LogP) is 3.36. The van der Waals surface area contributed by atoms with Crippen LogP contribution < -0.4 is 15.0 Å². The van der Waals surface area contributed by atoms with Crippen LogP contribution in [-0.4, -0.2) is 43.7 Å². The van der Waals surface area contributed by atoms with Crippen LogP contribution in [0.25, 0.3) is 0 Å². The Hall–Kier alpha value is -3.02. The Bertz CT molecular complexity index is 827. The minimum atomic E-state index is -0.942. The molecule has 2 aromatic rings. The summed E-state index contributed by atoms with van der Waals surface area (Å²) in [5.74, 6) is -0.403. The number of carboxylic acids is 1. The molecule has 1 aliphatic rings. The van der Waals surface area contributed by atoms with Gasteiger partial charge in [-0.3, -0.25) is 4.79 Å². The van der Waals surface area contributed by atoms with E-state index in [0.717, 1.165) is 37.2 Å². The molecule has 0 unspecified atom stereocenters. The van der Waals surface area contributed by atoms with E-state index in [1.807, 2.05) is 12.1 Å². The number of benzene rings is 2. The van der Waals surface area contributed by atoms with E-state index in [1.54, 1.807) is 37.4 Å². The number of methoxy groups -OCH3 is 1. The van der Waals surface area contributed by atoms with E-state index < -0.39 is 5.97 Å². The maximum atomic E-state index is 12.8. The molecule has 2 N–H and O–H groups in total. The third kappa shape index (κ3) is 4.82. The van der Waals surface area contributed by atoms with Gasteiger partial charge in [0.15, 0.2) is 0 Å². The highest BCUT2D eigenvalue weighted by molar-refractivity contribution is 6.00. The van der Waals surface area contributed by atoms with Crippen LogP contribution in [0, 0.1) is 0 Å². The van der Waals surface area contributed by atoms with E-state index in [-0.39, 0.29) is 11.5 Å². The van der Waals surface area contributed by atoms with E-state index in [1.165, 1.54) is 6.42 Å². The average Bonchev–Trinajstić information content (AvgIpc) is 2.74. The number of amides is 1. The van der Waals surface area contributed by atoms with Gasteiger partial charge in [0.2, 0.25) is 0 Å². The highest BCUT2D eigenvalue weighted by atomic mass is 16.5. The first kappa shape index (κ1) is 19.7. The number of aromatic carboxylic acids is 1. The summed E-state index contributed by atoms with van der Waals surface area (Å²) in [5.41, 5.74) is 2.81. The summed E-state index contributed by atoms with van der Waals surface area (Å²) in [6, 6.07) is 12.4. The topological polar surface area (TPSA) is 78.9 Å². The molecule has 1 saturated heterocycles. The first-order chi connectivity index (χ1) is 13.6. The van der Waals surface area contributed by atoms with Gasteiger partial charge < -0.3 is 20.1 Å². The lowest BCUT2D eigenvalue weighted by Crippen LogP contribution is -2.33. The number of rotatable bonds is 7. The number of nitrogens with zero attached hydrogens (tertiary/aromatic N) is 1. The standard InChI is InChI=1S/C22H26N2O4/c1-28-18-9-10-20(24-13-3-2-4-14-24)19(15-18)21(25)23-12-11-16-5-7-17(8-6-16)22(26)27/h5-10,15H,2-4,11-14H2,1H3,(H,23,25)(H,26,27). The molecule has 3 rings (SSSR count). The fourth-order valence-electron chi connectivity index (χ4n) is 3.46. The molecule has 148 valence electrons. The third-order valence-electron chi connectivity index (χ3n) is 5.05. The quantitative estimate of drug-likeness (QED) is 0.768. The molecule has 1 amide bonds. The first-order valence-corrected chi connectivity index (χ1v) is 9.62. The lowest BCUT2D eigenvalue weighted by molar-refractivity contribution is 0.0696. The summed E-state index contributed by atoms with van der Waals surface area (Å²) in [6.07, 6.45) is 4.14. The molecular weight excluding hydrogens is 356 g/mol. The Morgan fingerprint density at radius 1 is 1.07 bits per heavy atom. The second kappa shape index (κ2) is 9.26. The number of anilines is 1. The van der Waals surface area contributed by atoms with E-state index in [2.05, 4.69) is 10.2 Å². The lowest BCUT2D eigenvalue weighted by atomic mass is 10.1. The number of hydrogen-bond acceptors (Lipinski definition) is 4. The van der Waals surface area contributed by atoms with Crippen LogP contribution in [0.1, 0.15) is 45.5 Å². The monoisotopic (exact) mass is 382 g/mol. The lowest BCUT2D eigenvalue weighted by Gasteiger charge is -2.30. The zero-order valence-corrected chi connectivity index (χ0v) is 16.1. The molecule has 0 aromatic heterocycles. The molecular formula is C22H26N2O4. The maximum Gasteiger partial charge on any atom is 0.335 e. The van der Waals surface area contributed by atoms with E-state index in [9.17, 15) is 9.59 Å². The molecule has 0 saturated carbocycles. The van der Waals surface area contributed by atoms with Crippen molar-refractivity contribution in [1.82, 2.24) is 5.32 Å². The Morgan fingerprint density at radius 3 is 2.43 bits per heavy atom. The fraction of sp³-hybridized carbons (Fsp3) is 0.364.